The van der Waals surface area contributed by atoms with Crippen molar-refractivity contribution in [2.45, 2.75) is 52.4 Å². The molecule has 0 saturated heterocycles. The molecule has 0 atom stereocenters. The van der Waals surface area contributed by atoms with Crippen LogP contribution in [0.3, 0.4) is 0 Å². The maximum absolute atomic E-state index is 14.1. The van der Waals surface area contributed by atoms with E-state index >= 15 is 0 Å². The minimum Gasteiger partial charge on any atom is -0.163 e. The molecule has 0 spiro atoms. The minimum absolute atomic E-state index is 0.569. The van der Waals surface area contributed by atoms with Crippen molar-refractivity contribution in [2.24, 2.45) is 0 Å². The van der Waals surface area contributed by atoms with Crippen molar-refractivity contribution in [2.75, 3.05) is 0 Å². The largest absolute Gasteiger partial charge is 0.461 e. The zero-order valence-electron chi connectivity index (χ0n) is 31.4. The van der Waals surface area contributed by atoms with Crippen molar-refractivity contribution in [1.82, 2.24) is 0 Å². The minimum atomic E-state index is -5.22. The van der Waals surface area contributed by atoms with Crippen LogP contribution in [-0.4, -0.2) is 16.8 Å². The van der Waals surface area contributed by atoms with Gasteiger partial charge in [-0.3, -0.25) is 0 Å². The number of hydrogen-bond donors (Lipinski definition) is 0. The van der Waals surface area contributed by atoms with E-state index in [1.165, 1.54) is 0 Å². The predicted molar refractivity (Wildman–Crippen MR) is 230 cm³/mol. The van der Waals surface area contributed by atoms with Crippen molar-refractivity contribution in [3.05, 3.63) is 181 Å². The molecule has 0 saturated carbocycles. The summed E-state index contributed by atoms with van der Waals surface area (Å²) in [5.41, 5.74) is 2.19. The van der Waals surface area contributed by atoms with Crippen molar-refractivity contribution >= 4 is 67.6 Å². The Morgan fingerprint density at radius 2 is 0.625 bits per heavy atom. The maximum Gasteiger partial charge on any atom is 0.461 e. The van der Waals surface area contributed by atoms with Gasteiger partial charge in [-0.1, -0.05) is 140 Å². The van der Waals surface area contributed by atoms with Crippen LogP contribution in [-0.2, 0) is 50.2 Å². The number of benzene rings is 6. The summed E-state index contributed by atoms with van der Waals surface area (Å²) in [6, 6.07) is 51.2. The van der Waals surface area contributed by atoms with Gasteiger partial charge < -0.3 is 0 Å². The molecule has 0 heterocycles. The van der Waals surface area contributed by atoms with Gasteiger partial charge in [-0.25, -0.2) is 0 Å². The quantitative estimate of drug-likeness (QED) is 0.0461. The SMILES string of the molecule is CCCCc1ccc([P+](OS(=O)(=O)OOS(=O)(=O)O[P+](c2ccccc2)(c2ccccc2)c2ccc(CCCC)cc2)(c2ccccc2)c2ccccc2)cc1. The number of unbranched alkanes of at least 4 members (excludes halogenated alkanes) is 2. The second-order valence-electron chi connectivity index (χ2n) is 13.2. The summed E-state index contributed by atoms with van der Waals surface area (Å²) < 4.78 is 78.4. The average molecular weight is 829 g/mol. The molecule has 6 aromatic carbocycles. The van der Waals surface area contributed by atoms with E-state index in [-0.39, 0.29) is 0 Å². The molecular formula is C44H46O8P2S2+2. The van der Waals surface area contributed by atoms with Crippen LogP contribution in [0.2, 0.25) is 0 Å². The number of rotatable bonds is 19. The monoisotopic (exact) mass is 828 g/mol. The summed E-state index contributed by atoms with van der Waals surface area (Å²) in [6.07, 6.45) is 5.81. The summed E-state index contributed by atoms with van der Waals surface area (Å²) >= 11 is 0. The maximum atomic E-state index is 14.1. The summed E-state index contributed by atoms with van der Waals surface area (Å²) in [6.45, 7) is 4.25. The van der Waals surface area contributed by atoms with E-state index in [0.29, 0.717) is 31.8 Å². The summed E-state index contributed by atoms with van der Waals surface area (Å²) in [4.78, 5) is 0. The van der Waals surface area contributed by atoms with Gasteiger partial charge in [-0.15, -0.1) is 0 Å². The zero-order valence-corrected chi connectivity index (χ0v) is 34.8. The predicted octanol–water partition coefficient (Wildman–Crippen LogP) is 7.96. The Hall–Kier alpha value is -4.08. The fourth-order valence-corrected chi connectivity index (χ4v) is 16.9. The van der Waals surface area contributed by atoms with Crippen LogP contribution in [0.25, 0.3) is 0 Å². The molecule has 8 nitrogen and oxygen atoms in total. The van der Waals surface area contributed by atoms with Gasteiger partial charge in [0.05, 0.1) is 0 Å². The zero-order chi connectivity index (χ0) is 39.5. The van der Waals surface area contributed by atoms with Crippen LogP contribution in [0.5, 0.6) is 0 Å². The van der Waals surface area contributed by atoms with Gasteiger partial charge in [0.25, 0.3) is 15.0 Å². The van der Waals surface area contributed by atoms with Gasteiger partial charge in [0, 0.05) is 0 Å². The van der Waals surface area contributed by atoms with E-state index < -0.39 is 35.8 Å². The average Bonchev–Trinajstić information content (AvgIpc) is 3.24. The highest BCUT2D eigenvalue weighted by Crippen LogP contribution is 2.59. The molecule has 0 unspecified atom stereocenters. The van der Waals surface area contributed by atoms with Crippen LogP contribution in [0.1, 0.15) is 50.7 Å². The third-order valence-corrected chi connectivity index (χ3v) is 19.3. The number of aryl methyl sites for hydroxylation is 2. The lowest BCUT2D eigenvalue weighted by atomic mass is 10.1. The second-order valence-corrected chi connectivity index (χ2v) is 21.8. The van der Waals surface area contributed by atoms with E-state index in [0.717, 1.165) is 49.7 Å². The molecule has 0 bridgehead atoms. The van der Waals surface area contributed by atoms with Gasteiger partial charge >= 0.3 is 20.8 Å². The van der Waals surface area contributed by atoms with E-state index in [2.05, 4.69) is 13.8 Å². The summed E-state index contributed by atoms with van der Waals surface area (Å²) in [5, 5.41) is 3.45. The molecule has 12 heteroatoms. The Bertz CT molecular complexity index is 2100. The molecule has 56 heavy (non-hydrogen) atoms. The molecule has 0 aliphatic heterocycles. The molecule has 0 aliphatic carbocycles. The Morgan fingerprint density at radius 1 is 0.375 bits per heavy atom. The van der Waals surface area contributed by atoms with Gasteiger partial charge in [-0.05, 0) is 110 Å². The van der Waals surface area contributed by atoms with Crippen molar-refractivity contribution in [1.29, 1.82) is 0 Å². The molecule has 0 radical (unpaired) electrons. The molecule has 6 aromatic rings. The van der Waals surface area contributed by atoms with Crippen LogP contribution in [0.4, 0.5) is 0 Å². The Kier molecular flexibility index (Phi) is 14.0. The highest BCUT2D eigenvalue weighted by Gasteiger charge is 2.56. The molecule has 0 aliphatic rings. The molecule has 0 aromatic heterocycles. The lowest BCUT2D eigenvalue weighted by molar-refractivity contribution is -0.101. The molecular weight excluding hydrogens is 783 g/mol. The highest BCUT2D eigenvalue weighted by molar-refractivity contribution is 8.01. The van der Waals surface area contributed by atoms with E-state index in [4.69, 9.17) is 16.6 Å². The molecule has 0 N–H and O–H groups in total. The fourth-order valence-electron chi connectivity index (χ4n) is 6.58. The van der Waals surface area contributed by atoms with Crippen molar-refractivity contribution in [3.63, 3.8) is 0 Å². The van der Waals surface area contributed by atoms with Gasteiger partial charge in [-0.2, -0.15) is 16.8 Å². The van der Waals surface area contributed by atoms with E-state index in [1.54, 1.807) is 97.1 Å². The Balaban J connectivity index is 1.39. The van der Waals surface area contributed by atoms with E-state index in [9.17, 15) is 16.8 Å². The standard InChI is InChI=1S/C44H46O8P2S2/c1-3-5-19-37-29-33-43(34-30-37)53(39-21-11-7-12-22-39,40-23-13-8-14-24-40)51-55(45,46)49-50-56(47,48)52-54(41-25-15-9-16-26-41,42-27-17-10-18-28-42)44-35-31-38(32-36-44)20-6-4-2/h7-18,21-36H,3-6,19-20H2,1-2H3/q+2. The lowest BCUT2D eigenvalue weighted by Gasteiger charge is -2.25. The first-order valence-electron chi connectivity index (χ1n) is 18.6. The molecule has 6 rings (SSSR count). The topological polar surface area (TPSA) is 105 Å². The second kappa shape index (κ2) is 18.9. The first kappa shape index (κ1) is 41.6. The van der Waals surface area contributed by atoms with Crippen LogP contribution < -0.4 is 31.8 Å². The van der Waals surface area contributed by atoms with Crippen LogP contribution in [0.15, 0.2) is 170 Å². The Morgan fingerprint density at radius 3 is 0.875 bits per heavy atom. The normalized spacial score (nSPS) is 12.4. The van der Waals surface area contributed by atoms with Crippen LogP contribution >= 0.6 is 15.0 Å². The Labute approximate surface area is 332 Å². The molecule has 290 valence electrons. The summed E-state index contributed by atoms with van der Waals surface area (Å²) in [7, 11) is -17.5. The van der Waals surface area contributed by atoms with Crippen molar-refractivity contribution in [3.8, 4) is 0 Å². The van der Waals surface area contributed by atoms with Crippen LogP contribution in [0, 0.1) is 0 Å². The first-order chi connectivity index (χ1) is 27.1. The lowest BCUT2D eigenvalue weighted by Crippen LogP contribution is -2.36. The third kappa shape index (κ3) is 9.71. The van der Waals surface area contributed by atoms with Gasteiger partial charge in [0.15, 0.2) is 0 Å². The smallest absolute Gasteiger partial charge is 0.163 e. The summed E-state index contributed by atoms with van der Waals surface area (Å²) in [5.74, 6) is 0. The van der Waals surface area contributed by atoms with Gasteiger partial charge in [0.2, 0.25) is 0 Å². The van der Waals surface area contributed by atoms with E-state index in [1.807, 2.05) is 72.8 Å². The molecule has 0 amide bonds. The van der Waals surface area contributed by atoms with Gasteiger partial charge in [0.1, 0.15) is 31.8 Å². The van der Waals surface area contributed by atoms with Crippen molar-refractivity contribution < 1.29 is 33.4 Å². The molecule has 0 fully saturated rings. The number of hydrogen-bond acceptors (Lipinski definition) is 8. The third-order valence-electron chi connectivity index (χ3n) is 9.32. The highest BCUT2D eigenvalue weighted by atomic mass is 32.3. The first-order valence-corrected chi connectivity index (χ1v) is 24.7. The fraction of sp³-hybridized carbons (Fsp3) is 0.182.